The zero-order valence-electron chi connectivity index (χ0n) is 14.2. The van der Waals surface area contributed by atoms with E-state index in [0.29, 0.717) is 11.5 Å². The average molecular weight is 328 g/mol. The first kappa shape index (κ1) is 16.6. The van der Waals surface area contributed by atoms with Crippen LogP contribution in [0.1, 0.15) is 48.3 Å². The Labute approximate surface area is 141 Å². The fraction of sp³-hybridized carbons (Fsp3) is 0.529. The van der Waals surface area contributed by atoms with Crippen LogP contribution in [0.15, 0.2) is 24.5 Å². The van der Waals surface area contributed by atoms with Crippen molar-refractivity contribution in [1.29, 1.82) is 0 Å². The number of nitrogens with zero attached hydrogens (tertiary/aromatic N) is 4. The molecule has 3 heterocycles. The molecule has 0 unspecified atom stereocenters. The van der Waals surface area contributed by atoms with Gasteiger partial charge in [-0.15, -0.1) is 10.2 Å². The molecule has 2 aromatic rings. The molecule has 0 spiro atoms. The summed E-state index contributed by atoms with van der Waals surface area (Å²) in [4.78, 5) is 16.6. The van der Waals surface area contributed by atoms with Crippen molar-refractivity contribution in [1.82, 2.24) is 30.4 Å². The predicted octanol–water partition coefficient (Wildman–Crippen LogP) is 1.34. The summed E-state index contributed by atoms with van der Waals surface area (Å²) in [5.74, 6) is 2.14. The van der Waals surface area contributed by atoms with E-state index in [1.807, 2.05) is 0 Å². The Morgan fingerprint density at radius 2 is 2.25 bits per heavy atom. The number of aromatic nitrogens is 4. The fourth-order valence-corrected chi connectivity index (χ4v) is 2.99. The third kappa shape index (κ3) is 3.79. The highest BCUT2D eigenvalue weighted by Crippen LogP contribution is 2.22. The highest BCUT2D eigenvalue weighted by Gasteiger charge is 2.25. The van der Waals surface area contributed by atoms with Crippen LogP contribution in [0.3, 0.4) is 0 Å². The van der Waals surface area contributed by atoms with Crippen LogP contribution in [0.4, 0.5) is 0 Å². The Hall–Kier alpha value is -2.28. The van der Waals surface area contributed by atoms with E-state index >= 15 is 0 Å². The lowest BCUT2D eigenvalue weighted by atomic mass is 10.0. The molecule has 2 N–H and O–H groups in total. The molecule has 1 amide bonds. The molecule has 7 nitrogen and oxygen atoms in total. The summed E-state index contributed by atoms with van der Waals surface area (Å²) < 4.78 is 2.15. The lowest BCUT2D eigenvalue weighted by Crippen LogP contribution is -2.32. The number of carbonyl (C=O) groups is 1. The second-order valence-electron chi connectivity index (χ2n) is 6.52. The van der Waals surface area contributed by atoms with Crippen LogP contribution in [0.5, 0.6) is 0 Å². The molecule has 128 valence electrons. The number of hydrogen-bond donors (Lipinski definition) is 2. The average Bonchev–Trinajstić information content (AvgIpc) is 2.83. The molecule has 24 heavy (non-hydrogen) atoms. The lowest BCUT2D eigenvalue weighted by molar-refractivity contribution is 0.0928. The quantitative estimate of drug-likeness (QED) is 0.865. The van der Waals surface area contributed by atoms with Crippen LogP contribution in [0.25, 0.3) is 0 Å². The topological polar surface area (TPSA) is 84.7 Å². The highest BCUT2D eigenvalue weighted by atomic mass is 16.1. The summed E-state index contributed by atoms with van der Waals surface area (Å²) >= 11 is 0. The van der Waals surface area contributed by atoms with E-state index in [4.69, 9.17) is 0 Å². The van der Waals surface area contributed by atoms with Crippen LogP contribution < -0.4 is 10.6 Å². The molecular formula is C17H24N6O. The first-order valence-corrected chi connectivity index (χ1v) is 8.48. The van der Waals surface area contributed by atoms with Crippen molar-refractivity contribution < 1.29 is 4.79 Å². The van der Waals surface area contributed by atoms with Crippen LogP contribution >= 0.6 is 0 Å². The molecule has 0 radical (unpaired) electrons. The third-order valence-corrected chi connectivity index (χ3v) is 4.14. The Morgan fingerprint density at radius 1 is 1.38 bits per heavy atom. The van der Waals surface area contributed by atoms with E-state index in [1.54, 1.807) is 24.5 Å². The van der Waals surface area contributed by atoms with Crippen molar-refractivity contribution in [2.75, 3.05) is 13.1 Å². The van der Waals surface area contributed by atoms with Gasteiger partial charge in [-0.2, -0.15) is 0 Å². The molecule has 0 aliphatic carbocycles. The third-order valence-electron chi connectivity index (χ3n) is 4.14. The molecule has 0 fully saturated rings. The van der Waals surface area contributed by atoms with Gasteiger partial charge >= 0.3 is 0 Å². The minimum Gasteiger partial charge on any atom is -0.342 e. The summed E-state index contributed by atoms with van der Waals surface area (Å²) in [6.45, 7) is 6.92. The van der Waals surface area contributed by atoms with Crippen LogP contribution in [-0.4, -0.2) is 38.7 Å². The lowest BCUT2D eigenvalue weighted by Gasteiger charge is -2.21. The van der Waals surface area contributed by atoms with E-state index in [0.717, 1.165) is 44.1 Å². The van der Waals surface area contributed by atoms with Gasteiger partial charge in [-0.25, -0.2) is 0 Å². The van der Waals surface area contributed by atoms with Crippen molar-refractivity contribution >= 4 is 5.91 Å². The maximum absolute atomic E-state index is 12.5. The van der Waals surface area contributed by atoms with E-state index < -0.39 is 0 Å². The number of amides is 1. The Kier molecular flexibility index (Phi) is 5.20. The summed E-state index contributed by atoms with van der Waals surface area (Å²) in [6, 6.07) is 3.38. The maximum atomic E-state index is 12.5. The summed E-state index contributed by atoms with van der Waals surface area (Å²) in [5.41, 5.74) is 0.559. The second-order valence-corrected chi connectivity index (χ2v) is 6.52. The van der Waals surface area contributed by atoms with Crippen LogP contribution in [0.2, 0.25) is 0 Å². The van der Waals surface area contributed by atoms with Crippen molar-refractivity contribution in [2.45, 2.75) is 39.3 Å². The van der Waals surface area contributed by atoms with Crippen LogP contribution in [0, 0.1) is 5.92 Å². The molecule has 0 aromatic carbocycles. The highest BCUT2D eigenvalue weighted by molar-refractivity contribution is 5.94. The number of rotatable bonds is 5. The van der Waals surface area contributed by atoms with Gasteiger partial charge in [-0.3, -0.25) is 9.78 Å². The Bertz CT molecular complexity index is 682. The zero-order chi connectivity index (χ0) is 16.9. The van der Waals surface area contributed by atoms with Gasteiger partial charge in [0, 0.05) is 38.4 Å². The summed E-state index contributed by atoms with van der Waals surface area (Å²) in [7, 11) is 0. The van der Waals surface area contributed by atoms with Gasteiger partial charge in [-0.1, -0.05) is 13.8 Å². The van der Waals surface area contributed by atoms with Gasteiger partial charge in [-0.05, 0) is 24.5 Å². The smallest absolute Gasteiger partial charge is 0.253 e. The number of nitrogens with one attached hydrogen (secondary N) is 2. The predicted molar refractivity (Wildman–Crippen MR) is 90.5 cm³/mol. The van der Waals surface area contributed by atoms with E-state index in [-0.39, 0.29) is 11.9 Å². The minimum absolute atomic E-state index is 0.127. The standard InChI is InChI=1S/C17H24N6O/c1-12(2)10-14(20-17(24)13-4-3-6-19-11-13)16-22-21-15-5-7-18-8-9-23(15)16/h3-4,6,11-12,14,18H,5,7-10H2,1-2H3,(H,20,24)/t14-/m1/s1. The van der Waals surface area contributed by atoms with Gasteiger partial charge in [0.05, 0.1) is 11.6 Å². The Balaban J connectivity index is 1.84. The normalized spacial score (nSPS) is 15.6. The molecule has 0 saturated heterocycles. The summed E-state index contributed by atoms with van der Waals surface area (Å²) in [6.07, 6.45) is 4.92. The van der Waals surface area contributed by atoms with Crippen molar-refractivity contribution in [3.63, 3.8) is 0 Å². The van der Waals surface area contributed by atoms with E-state index in [9.17, 15) is 4.79 Å². The molecule has 3 rings (SSSR count). The van der Waals surface area contributed by atoms with Gasteiger partial charge in [0.15, 0.2) is 5.82 Å². The Morgan fingerprint density at radius 3 is 3.00 bits per heavy atom. The first-order chi connectivity index (χ1) is 11.6. The first-order valence-electron chi connectivity index (χ1n) is 8.48. The zero-order valence-corrected chi connectivity index (χ0v) is 14.2. The largest absolute Gasteiger partial charge is 0.342 e. The van der Waals surface area contributed by atoms with Crippen molar-refractivity contribution in [3.05, 3.63) is 41.7 Å². The maximum Gasteiger partial charge on any atom is 0.253 e. The van der Waals surface area contributed by atoms with Gasteiger partial charge in [0.2, 0.25) is 0 Å². The number of carbonyl (C=O) groups excluding carboxylic acids is 1. The number of hydrogen-bond acceptors (Lipinski definition) is 5. The van der Waals surface area contributed by atoms with Gasteiger partial charge < -0.3 is 15.2 Å². The molecule has 2 aromatic heterocycles. The summed E-state index contributed by atoms with van der Waals surface area (Å²) in [5, 5.41) is 15.2. The van der Waals surface area contributed by atoms with Crippen molar-refractivity contribution in [2.24, 2.45) is 5.92 Å². The monoisotopic (exact) mass is 328 g/mol. The fourth-order valence-electron chi connectivity index (χ4n) is 2.99. The number of pyridine rings is 1. The number of fused-ring (bicyclic) bond motifs is 1. The van der Waals surface area contributed by atoms with E-state index in [1.165, 1.54) is 0 Å². The molecule has 1 aliphatic heterocycles. The van der Waals surface area contributed by atoms with Crippen LogP contribution in [-0.2, 0) is 13.0 Å². The van der Waals surface area contributed by atoms with E-state index in [2.05, 4.69) is 44.2 Å². The molecular weight excluding hydrogens is 304 g/mol. The molecule has 7 heteroatoms. The molecule has 1 aliphatic rings. The van der Waals surface area contributed by atoms with Gasteiger partial charge in [0.25, 0.3) is 5.91 Å². The second kappa shape index (κ2) is 7.53. The molecule has 0 saturated carbocycles. The minimum atomic E-state index is -0.156. The molecule has 0 bridgehead atoms. The molecule has 1 atom stereocenters. The van der Waals surface area contributed by atoms with Crippen molar-refractivity contribution in [3.8, 4) is 0 Å². The SMILES string of the molecule is CC(C)C[C@@H](NC(=O)c1cccnc1)c1nnc2n1CCNCC2. The van der Waals surface area contributed by atoms with Gasteiger partial charge in [0.1, 0.15) is 5.82 Å².